The van der Waals surface area contributed by atoms with Crippen molar-refractivity contribution in [2.24, 2.45) is 0 Å². The van der Waals surface area contributed by atoms with Crippen LogP contribution in [0.15, 0.2) is 48.5 Å². The van der Waals surface area contributed by atoms with Gasteiger partial charge in [-0.2, -0.15) is 5.10 Å². The molecule has 0 radical (unpaired) electrons. The van der Waals surface area contributed by atoms with Gasteiger partial charge in [-0.15, -0.1) is 0 Å². The van der Waals surface area contributed by atoms with Crippen molar-refractivity contribution in [2.45, 2.75) is 34.2 Å². The number of para-hydroxylation sites is 1. The first-order valence-corrected chi connectivity index (χ1v) is 9.98. The highest BCUT2D eigenvalue weighted by Crippen LogP contribution is 2.19. The second kappa shape index (κ2) is 8.95. The maximum atomic E-state index is 12.6. The lowest BCUT2D eigenvalue weighted by Crippen LogP contribution is -2.38. The minimum atomic E-state index is -0.246. The van der Waals surface area contributed by atoms with Crippen LogP contribution in [0.5, 0.6) is 0 Å². The predicted molar refractivity (Wildman–Crippen MR) is 118 cm³/mol. The molecule has 0 unspecified atom stereocenters. The van der Waals surface area contributed by atoms with E-state index in [9.17, 15) is 9.59 Å². The fourth-order valence-corrected chi connectivity index (χ4v) is 3.33. The Labute approximate surface area is 177 Å². The van der Waals surface area contributed by atoms with E-state index in [4.69, 9.17) is 0 Å². The molecule has 0 atom stereocenters. The summed E-state index contributed by atoms with van der Waals surface area (Å²) < 4.78 is 1.89. The van der Waals surface area contributed by atoms with Crippen molar-refractivity contribution in [2.75, 3.05) is 13.6 Å². The highest BCUT2D eigenvalue weighted by Gasteiger charge is 2.18. The molecule has 1 N–H and O–H groups in total. The van der Waals surface area contributed by atoms with Crippen molar-refractivity contribution in [3.8, 4) is 5.69 Å². The van der Waals surface area contributed by atoms with Crippen LogP contribution >= 0.6 is 0 Å². The van der Waals surface area contributed by atoms with Crippen LogP contribution in [0.2, 0.25) is 0 Å². The van der Waals surface area contributed by atoms with Gasteiger partial charge >= 0.3 is 0 Å². The average Bonchev–Trinajstić information content (AvgIpc) is 3.02. The average molecular weight is 405 g/mol. The van der Waals surface area contributed by atoms with Crippen molar-refractivity contribution in [1.29, 1.82) is 0 Å². The predicted octanol–water partition coefficient (Wildman–Crippen LogP) is 3.49. The molecule has 0 saturated carbocycles. The first-order valence-electron chi connectivity index (χ1n) is 9.98. The molecule has 3 aromatic rings. The first kappa shape index (κ1) is 21.3. The molecular formula is C24H28N4O2. The molecule has 0 saturated heterocycles. The maximum absolute atomic E-state index is 12.6. The SMILES string of the molecule is Cc1ccc(C(=O)NCC(=O)N(C)Cc2c(C)nn(-c3ccccc3)c2C)cc1C. The third-order valence-corrected chi connectivity index (χ3v) is 5.43. The molecule has 6 heteroatoms. The Kier molecular flexibility index (Phi) is 6.35. The fourth-order valence-electron chi connectivity index (χ4n) is 3.33. The summed E-state index contributed by atoms with van der Waals surface area (Å²) in [5.41, 5.74) is 6.61. The Morgan fingerprint density at radius 2 is 1.70 bits per heavy atom. The molecule has 2 aromatic carbocycles. The Bertz CT molecular complexity index is 1070. The second-order valence-electron chi connectivity index (χ2n) is 7.63. The number of rotatable bonds is 6. The molecule has 1 heterocycles. The molecule has 0 spiro atoms. The maximum Gasteiger partial charge on any atom is 0.251 e. The molecule has 0 aliphatic carbocycles. The molecule has 3 rings (SSSR count). The molecule has 156 valence electrons. The van der Waals surface area contributed by atoms with E-state index in [0.29, 0.717) is 12.1 Å². The van der Waals surface area contributed by atoms with Crippen LogP contribution in [-0.4, -0.2) is 40.1 Å². The standard InChI is InChI=1S/C24H28N4O2/c1-16-11-12-20(13-17(16)2)24(30)25-14-23(29)27(5)15-22-18(3)26-28(19(22)4)21-9-7-6-8-10-21/h6-13H,14-15H2,1-5H3,(H,25,30). The lowest BCUT2D eigenvalue weighted by molar-refractivity contribution is -0.129. The van der Waals surface area contributed by atoms with Crippen molar-refractivity contribution in [3.05, 3.63) is 82.2 Å². The van der Waals surface area contributed by atoms with Crippen molar-refractivity contribution >= 4 is 11.8 Å². The zero-order valence-electron chi connectivity index (χ0n) is 18.2. The van der Waals surface area contributed by atoms with Crippen LogP contribution in [-0.2, 0) is 11.3 Å². The van der Waals surface area contributed by atoms with Gasteiger partial charge in [0.25, 0.3) is 5.91 Å². The van der Waals surface area contributed by atoms with E-state index < -0.39 is 0 Å². The van der Waals surface area contributed by atoms with Crippen molar-refractivity contribution < 1.29 is 9.59 Å². The summed E-state index contributed by atoms with van der Waals surface area (Å²) >= 11 is 0. The molecule has 0 bridgehead atoms. The highest BCUT2D eigenvalue weighted by molar-refractivity contribution is 5.96. The summed E-state index contributed by atoms with van der Waals surface area (Å²) in [6.45, 7) is 8.30. The van der Waals surface area contributed by atoms with E-state index in [1.54, 1.807) is 18.0 Å². The highest BCUT2D eigenvalue weighted by atomic mass is 16.2. The van der Waals surface area contributed by atoms with Crippen LogP contribution in [0, 0.1) is 27.7 Å². The molecular weight excluding hydrogens is 376 g/mol. The van der Waals surface area contributed by atoms with Gasteiger partial charge in [0.2, 0.25) is 5.91 Å². The van der Waals surface area contributed by atoms with E-state index in [1.807, 2.05) is 74.8 Å². The summed E-state index contributed by atoms with van der Waals surface area (Å²) in [6.07, 6.45) is 0. The number of benzene rings is 2. The number of hydrogen-bond donors (Lipinski definition) is 1. The van der Waals surface area contributed by atoms with Gasteiger partial charge in [-0.3, -0.25) is 9.59 Å². The van der Waals surface area contributed by atoms with E-state index >= 15 is 0 Å². The molecule has 0 aliphatic rings. The van der Waals surface area contributed by atoms with Crippen LogP contribution < -0.4 is 5.32 Å². The summed E-state index contributed by atoms with van der Waals surface area (Å²) in [7, 11) is 1.74. The Balaban J connectivity index is 1.64. The molecule has 0 fully saturated rings. The number of aryl methyl sites for hydroxylation is 3. The third-order valence-electron chi connectivity index (χ3n) is 5.43. The number of nitrogens with one attached hydrogen (secondary N) is 1. The lowest BCUT2D eigenvalue weighted by Gasteiger charge is -2.18. The van der Waals surface area contributed by atoms with E-state index in [2.05, 4.69) is 10.4 Å². The lowest BCUT2D eigenvalue weighted by atomic mass is 10.1. The van der Waals surface area contributed by atoms with Crippen LogP contribution in [0.1, 0.15) is 38.4 Å². The first-order chi connectivity index (χ1) is 14.3. The number of likely N-dealkylation sites (N-methyl/N-ethyl adjacent to an activating group) is 1. The minimum Gasteiger partial charge on any atom is -0.343 e. The van der Waals surface area contributed by atoms with E-state index in [1.165, 1.54) is 0 Å². The van der Waals surface area contributed by atoms with E-state index in [0.717, 1.165) is 33.8 Å². The number of carbonyl (C=O) groups excluding carboxylic acids is 2. The summed E-state index contributed by atoms with van der Waals surface area (Å²) in [5.74, 6) is -0.400. The van der Waals surface area contributed by atoms with Crippen molar-refractivity contribution in [1.82, 2.24) is 20.0 Å². The monoisotopic (exact) mass is 404 g/mol. The van der Waals surface area contributed by atoms with Crippen LogP contribution in [0.25, 0.3) is 5.69 Å². The van der Waals surface area contributed by atoms with Gasteiger partial charge in [0.1, 0.15) is 0 Å². The topological polar surface area (TPSA) is 67.2 Å². The normalized spacial score (nSPS) is 10.7. The molecule has 6 nitrogen and oxygen atoms in total. The molecule has 1 aromatic heterocycles. The zero-order chi connectivity index (χ0) is 21.8. The van der Waals surface area contributed by atoms with Crippen LogP contribution in [0.4, 0.5) is 0 Å². The number of hydrogen-bond acceptors (Lipinski definition) is 3. The Hall–Kier alpha value is -3.41. The van der Waals surface area contributed by atoms with Crippen LogP contribution in [0.3, 0.4) is 0 Å². The Morgan fingerprint density at radius 1 is 1.00 bits per heavy atom. The molecule has 0 aliphatic heterocycles. The third kappa shape index (κ3) is 4.59. The number of amides is 2. The van der Waals surface area contributed by atoms with Gasteiger partial charge in [-0.1, -0.05) is 24.3 Å². The number of carbonyl (C=O) groups is 2. The van der Waals surface area contributed by atoms with E-state index in [-0.39, 0.29) is 18.4 Å². The summed E-state index contributed by atoms with van der Waals surface area (Å²) in [5, 5.41) is 7.35. The zero-order valence-corrected chi connectivity index (χ0v) is 18.2. The number of nitrogens with zero attached hydrogens (tertiary/aromatic N) is 3. The molecule has 30 heavy (non-hydrogen) atoms. The van der Waals surface area contributed by atoms with Gasteiger partial charge < -0.3 is 10.2 Å². The van der Waals surface area contributed by atoms with Crippen molar-refractivity contribution in [3.63, 3.8) is 0 Å². The second-order valence-corrected chi connectivity index (χ2v) is 7.63. The smallest absolute Gasteiger partial charge is 0.251 e. The summed E-state index contributed by atoms with van der Waals surface area (Å²) in [4.78, 5) is 26.6. The minimum absolute atomic E-state index is 0.0484. The van der Waals surface area contributed by atoms with Gasteiger partial charge in [0.15, 0.2) is 0 Å². The number of aromatic nitrogens is 2. The largest absolute Gasteiger partial charge is 0.343 e. The molecule has 2 amide bonds. The summed E-state index contributed by atoms with van der Waals surface area (Å²) in [6, 6.07) is 15.4. The van der Waals surface area contributed by atoms with Gasteiger partial charge in [-0.05, 0) is 63.1 Å². The Morgan fingerprint density at radius 3 is 2.37 bits per heavy atom. The fraction of sp³-hybridized carbons (Fsp3) is 0.292. The van der Waals surface area contributed by atoms with Gasteiger partial charge in [0.05, 0.1) is 17.9 Å². The van der Waals surface area contributed by atoms with Gasteiger partial charge in [0, 0.05) is 30.4 Å². The van der Waals surface area contributed by atoms with Gasteiger partial charge in [-0.25, -0.2) is 4.68 Å². The quantitative estimate of drug-likeness (QED) is 0.684.